The maximum atomic E-state index is 13.0. The highest BCUT2D eigenvalue weighted by Crippen LogP contribution is 2.39. The molecule has 138 valence electrons. The molecule has 1 heterocycles. The normalized spacial score (nSPS) is 34.0. The van der Waals surface area contributed by atoms with E-state index < -0.39 is 0 Å². The highest BCUT2D eigenvalue weighted by Gasteiger charge is 2.42. The monoisotopic (exact) mass is 357 g/mol. The van der Waals surface area contributed by atoms with E-state index in [1.807, 2.05) is 13.8 Å². The summed E-state index contributed by atoms with van der Waals surface area (Å²) in [5, 5.41) is 3.33. The van der Waals surface area contributed by atoms with Gasteiger partial charge in [0.25, 0.3) is 0 Å². The molecule has 0 aromatic heterocycles. The van der Waals surface area contributed by atoms with Crippen molar-refractivity contribution in [1.29, 1.82) is 0 Å². The summed E-state index contributed by atoms with van der Waals surface area (Å²) in [4.78, 5) is 26.8. The Hall–Kier alpha value is -0.810. The first-order chi connectivity index (χ1) is 11.0. The number of hydrogen-bond acceptors (Lipinski definition) is 3. The zero-order chi connectivity index (χ0) is 16.6. The molecule has 3 unspecified atom stereocenters. The number of nitrogens with one attached hydrogen (secondary N) is 1. The number of nitrogens with two attached hydrogens (primary N) is 1. The van der Waals surface area contributed by atoms with Crippen LogP contribution in [0.15, 0.2) is 0 Å². The van der Waals surface area contributed by atoms with E-state index in [1.165, 1.54) is 19.3 Å². The molecule has 3 aliphatic rings. The smallest absolute Gasteiger partial charge is 0.243 e. The Bertz CT molecular complexity index is 457. The fourth-order valence-electron chi connectivity index (χ4n) is 5.04. The van der Waals surface area contributed by atoms with Crippen molar-refractivity contribution in [3.8, 4) is 0 Å². The first-order valence-corrected chi connectivity index (χ1v) is 9.32. The Labute approximate surface area is 151 Å². The fourth-order valence-corrected chi connectivity index (χ4v) is 5.04. The first-order valence-electron chi connectivity index (χ1n) is 9.32. The second kappa shape index (κ2) is 8.05. The van der Waals surface area contributed by atoms with E-state index in [0.717, 1.165) is 25.8 Å². The van der Waals surface area contributed by atoms with Crippen LogP contribution in [0.3, 0.4) is 0 Å². The van der Waals surface area contributed by atoms with E-state index in [-0.39, 0.29) is 42.2 Å². The SMILES string of the molecule is CC(C)C(C(=O)NC1C2CCCC1CC(N)C2)N1CCCC1=O.Cl. The summed E-state index contributed by atoms with van der Waals surface area (Å²) in [6, 6.07) is 0.232. The Balaban J connectivity index is 0.00000208. The number of hydrogen-bond donors (Lipinski definition) is 2. The van der Waals surface area contributed by atoms with Gasteiger partial charge in [0.15, 0.2) is 0 Å². The molecule has 24 heavy (non-hydrogen) atoms. The predicted octanol–water partition coefficient (Wildman–Crippen LogP) is 2.08. The highest BCUT2D eigenvalue weighted by molar-refractivity contribution is 5.89. The van der Waals surface area contributed by atoms with Crippen LogP contribution in [0, 0.1) is 17.8 Å². The number of carbonyl (C=O) groups is 2. The van der Waals surface area contributed by atoms with Gasteiger partial charge in [0.2, 0.25) is 11.8 Å². The molecule has 3 fully saturated rings. The van der Waals surface area contributed by atoms with Crippen LogP contribution >= 0.6 is 12.4 Å². The van der Waals surface area contributed by atoms with Crippen LogP contribution in [0.1, 0.15) is 58.8 Å². The molecular weight excluding hydrogens is 326 g/mol. The van der Waals surface area contributed by atoms with Crippen molar-refractivity contribution in [2.45, 2.75) is 76.9 Å². The lowest BCUT2D eigenvalue weighted by Crippen LogP contribution is -2.58. The van der Waals surface area contributed by atoms with Gasteiger partial charge in [-0.1, -0.05) is 20.3 Å². The van der Waals surface area contributed by atoms with Gasteiger partial charge in [-0.2, -0.15) is 0 Å². The van der Waals surface area contributed by atoms with Crippen LogP contribution in [0.4, 0.5) is 0 Å². The molecule has 3 N–H and O–H groups in total. The zero-order valence-electron chi connectivity index (χ0n) is 14.9. The first kappa shape index (κ1) is 19.5. The molecule has 0 aromatic rings. The highest BCUT2D eigenvalue weighted by atomic mass is 35.5. The Morgan fingerprint density at radius 3 is 2.33 bits per heavy atom. The van der Waals surface area contributed by atoms with Gasteiger partial charge in [-0.3, -0.25) is 9.59 Å². The van der Waals surface area contributed by atoms with E-state index in [4.69, 9.17) is 5.73 Å². The summed E-state index contributed by atoms with van der Waals surface area (Å²) in [6.45, 7) is 4.79. The van der Waals surface area contributed by atoms with Crippen molar-refractivity contribution >= 4 is 24.2 Å². The Kier molecular flexibility index (Phi) is 6.54. The summed E-state index contributed by atoms with van der Waals surface area (Å²) in [5.41, 5.74) is 6.18. The van der Waals surface area contributed by atoms with Gasteiger partial charge >= 0.3 is 0 Å². The molecule has 2 aliphatic carbocycles. The summed E-state index contributed by atoms with van der Waals surface area (Å²) < 4.78 is 0. The number of fused-ring (bicyclic) bond motifs is 2. The van der Waals surface area contributed by atoms with E-state index in [9.17, 15) is 9.59 Å². The predicted molar refractivity (Wildman–Crippen MR) is 96.8 cm³/mol. The Morgan fingerprint density at radius 2 is 1.83 bits per heavy atom. The average Bonchev–Trinajstić information content (AvgIpc) is 2.86. The van der Waals surface area contributed by atoms with Gasteiger partial charge < -0.3 is 16.0 Å². The second-order valence-electron chi connectivity index (χ2n) is 8.10. The topological polar surface area (TPSA) is 75.4 Å². The van der Waals surface area contributed by atoms with Crippen molar-refractivity contribution in [3.63, 3.8) is 0 Å². The number of rotatable bonds is 4. The van der Waals surface area contributed by atoms with Crippen molar-refractivity contribution in [1.82, 2.24) is 10.2 Å². The van der Waals surface area contributed by atoms with Crippen LogP contribution in [-0.4, -0.2) is 41.4 Å². The number of halogens is 1. The lowest BCUT2D eigenvalue weighted by Gasteiger charge is -2.46. The fraction of sp³-hybridized carbons (Fsp3) is 0.889. The van der Waals surface area contributed by atoms with Crippen LogP contribution in [0.5, 0.6) is 0 Å². The third kappa shape index (κ3) is 3.88. The van der Waals surface area contributed by atoms with Crippen molar-refractivity contribution in [2.24, 2.45) is 23.5 Å². The van der Waals surface area contributed by atoms with Crippen molar-refractivity contribution < 1.29 is 9.59 Å². The minimum absolute atomic E-state index is 0. The van der Waals surface area contributed by atoms with Crippen molar-refractivity contribution in [3.05, 3.63) is 0 Å². The molecule has 0 spiro atoms. The van der Waals surface area contributed by atoms with Gasteiger partial charge in [0.05, 0.1) is 0 Å². The molecule has 5 nitrogen and oxygen atoms in total. The van der Waals surface area contributed by atoms with Gasteiger partial charge in [-0.05, 0) is 49.9 Å². The van der Waals surface area contributed by atoms with Gasteiger partial charge in [-0.25, -0.2) is 0 Å². The number of amides is 2. The Morgan fingerprint density at radius 1 is 1.21 bits per heavy atom. The molecule has 0 radical (unpaired) electrons. The summed E-state index contributed by atoms with van der Waals surface area (Å²) in [5.74, 6) is 1.35. The summed E-state index contributed by atoms with van der Waals surface area (Å²) in [6.07, 6.45) is 7.10. The molecule has 6 heteroatoms. The average molecular weight is 358 g/mol. The largest absolute Gasteiger partial charge is 0.351 e. The van der Waals surface area contributed by atoms with Gasteiger partial charge in [0, 0.05) is 25.0 Å². The van der Waals surface area contributed by atoms with Crippen LogP contribution < -0.4 is 11.1 Å². The van der Waals surface area contributed by atoms with E-state index in [0.29, 0.717) is 24.3 Å². The maximum Gasteiger partial charge on any atom is 0.243 e. The third-order valence-corrected chi connectivity index (χ3v) is 6.03. The molecule has 2 amide bonds. The minimum atomic E-state index is -0.318. The standard InChI is InChI=1S/C18H31N3O2.ClH/c1-11(2)17(21-8-4-7-15(21)22)18(23)20-16-12-5-3-6-13(16)10-14(19)9-12;/h11-14,16-17H,3-10,19H2,1-2H3,(H,20,23);1H. The van der Waals surface area contributed by atoms with Gasteiger partial charge in [-0.15, -0.1) is 12.4 Å². The van der Waals surface area contributed by atoms with Crippen LogP contribution in [0.25, 0.3) is 0 Å². The second-order valence-corrected chi connectivity index (χ2v) is 8.10. The quantitative estimate of drug-likeness (QED) is 0.808. The number of nitrogens with zero attached hydrogens (tertiary/aromatic N) is 1. The number of likely N-dealkylation sites (tertiary alicyclic amines) is 1. The maximum absolute atomic E-state index is 13.0. The van der Waals surface area contributed by atoms with Gasteiger partial charge in [0.1, 0.15) is 6.04 Å². The summed E-state index contributed by atoms with van der Waals surface area (Å²) >= 11 is 0. The van der Waals surface area contributed by atoms with Crippen LogP contribution in [-0.2, 0) is 9.59 Å². The minimum Gasteiger partial charge on any atom is -0.351 e. The third-order valence-electron chi connectivity index (χ3n) is 6.03. The van der Waals surface area contributed by atoms with E-state index >= 15 is 0 Å². The lowest BCUT2D eigenvalue weighted by atomic mass is 9.67. The number of carbonyl (C=O) groups excluding carboxylic acids is 2. The van der Waals surface area contributed by atoms with E-state index in [1.54, 1.807) is 4.90 Å². The molecule has 2 bridgehead atoms. The van der Waals surface area contributed by atoms with E-state index in [2.05, 4.69) is 5.32 Å². The molecule has 1 saturated heterocycles. The lowest BCUT2D eigenvalue weighted by molar-refractivity contribution is -0.140. The molecule has 3 atom stereocenters. The molecular formula is C18H32ClN3O2. The van der Waals surface area contributed by atoms with Crippen molar-refractivity contribution in [2.75, 3.05) is 6.54 Å². The molecule has 0 aromatic carbocycles. The molecule has 1 aliphatic heterocycles. The zero-order valence-corrected chi connectivity index (χ0v) is 15.7. The van der Waals surface area contributed by atoms with Crippen LogP contribution in [0.2, 0.25) is 0 Å². The molecule has 3 rings (SSSR count). The summed E-state index contributed by atoms with van der Waals surface area (Å²) in [7, 11) is 0. The molecule has 2 saturated carbocycles.